The first kappa shape index (κ1) is 12.3. The molecule has 0 bridgehead atoms. The fourth-order valence-corrected chi connectivity index (χ4v) is 2.91. The summed E-state index contributed by atoms with van der Waals surface area (Å²) in [7, 11) is 1.65. The summed E-state index contributed by atoms with van der Waals surface area (Å²) in [4.78, 5) is 2.20. The summed E-state index contributed by atoms with van der Waals surface area (Å²) < 4.78 is 6.11. The van der Waals surface area contributed by atoms with Gasteiger partial charge in [-0.3, -0.25) is 0 Å². The van der Waals surface area contributed by atoms with E-state index < -0.39 is 0 Å². The first-order chi connectivity index (χ1) is 8.19. The van der Waals surface area contributed by atoms with Crippen molar-refractivity contribution in [3.63, 3.8) is 0 Å². The Morgan fingerprint density at radius 1 is 1.06 bits per heavy atom. The van der Waals surface area contributed by atoms with E-state index in [0.717, 1.165) is 20.0 Å². The van der Waals surface area contributed by atoms with Crippen molar-refractivity contribution in [1.82, 2.24) is 0 Å². The Hall–Kier alpha value is -1.13. The van der Waals surface area contributed by atoms with Crippen LogP contribution in [0.2, 0.25) is 0 Å². The van der Waals surface area contributed by atoms with Crippen molar-refractivity contribution in [3.05, 3.63) is 46.9 Å². The number of ether oxygens (including phenoxy) is 1. The molecular formula is C13H11BrO2S. The molecule has 0 fully saturated rings. The predicted octanol–water partition coefficient (Wildman–Crippen LogP) is 4.31. The van der Waals surface area contributed by atoms with Gasteiger partial charge in [0.15, 0.2) is 0 Å². The summed E-state index contributed by atoms with van der Waals surface area (Å²) in [5.41, 5.74) is 0. The molecule has 1 N–H and O–H groups in total. The van der Waals surface area contributed by atoms with Gasteiger partial charge in [-0.1, -0.05) is 11.8 Å². The molecule has 0 aliphatic rings. The molecule has 0 aliphatic heterocycles. The number of hydrogen-bond acceptors (Lipinski definition) is 3. The number of hydrogen-bond donors (Lipinski definition) is 1. The van der Waals surface area contributed by atoms with Crippen LogP contribution >= 0.6 is 27.7 Å². The van der Waals surface area contributed by atoms with E-state index in [2.05, 4.69) is 15.9 Å². The summed E-state index contributed by atoms with van der Waals surface area (Å²) in [6, 6.07) is 13.1. The molecule has 0 heterocycles. The highest BCUT2D eigenvalue weighted by molar-refractivity contribution is 9.10. The van der Waals surface area contributed by atoms with Gasteiger partial charge >= 0.3 is 0 Å². The Bertz CT molecular complexity index is 511. The zero-order chi connectivity index (χ0) is 12.3. The predicted molar refractivity (Wildman–Crippen MR) is 72.9 cm³/mol. The van der Waals surface area contributed by atoms with Gasteiger partial charge in [0.05, 0.1) is 11.6 Å². The number of methoxy groups -OCH3 is 1. The van der Waals surface area contributed by atoms with Crippen LogP contribution in [-0.4, -0.2) is 12.2 Å². The summed E-state index contributed by atoms with van der Waals surface area (Å²) in [6.07, 6.45) is 0. The summed E-state index contributed by atoms with van der Waals surface area (Å²) in [5, 5.41) is 9.20. The highest BCUT2D eigenvalue weighted by atomic mass is 79.9. The molecule has 17 heavy (non-hydrogen) atoms. The van der Waals surface area contributed by atoms with E-state index in [1.165, 1.54) is 0 Å². The normalized spacial score (nSPS) is 10.2. The standard InChI is InChI=1S/C13H11BrO2S/c1-16-13-7-6-11(8-12(13)14)17-10-4-2-9(15)3-5-10/h2-8,15H,1H3. The maximum Gasteiger partial charge on any atom is 0.133 e. The second-order valence-corrected chi connectivity index (χ2v) is 5.39. The van der Waals surface area contributed by atoms with Gasteiger partial charge in [-0.2, -0.15) is 0 Å². The molecule has 2 rings (SSSR count). The van der Waals surface area contributed by atoms with E-state index in [4.69, 9.17) is 4.74 Å². The smallest absolute Gasteiger partial charge is 0.133 e. The molecule has 2 nitrogen and oxygen atoms in total. The van der Waals surface area contributed by atoms with Gasteiger partial charge in [-0.25, -0.2) is 0 Å². The van der Waals surface area contributed by atoms with E-state index in [-0.39, 0.29) is 5.75 Å². The van der Waals surface area contributed by atoms with Gasteiger partial charge in [0.1, 0.15) is 11.5 Å². The summed E-state index contributed by atoms with van der Waals surface area (Å²) >= 11 is 5.09. The minimum absolute atomic E-state index is 0.283. The molecule has 2 aromatic rings. The number of benzene rings is 2. The Balaban J connectivity index is 2.19. The van der Waals surface area contributed by atoms with Gasteiger partial charge < -0.3 is 9.84 Å². The third-order valence-electron chi connectivity index (χ3n) is 2.20. The average Bonchev–Trinajstić information content (AvgIpc) is 2.32. The van der Waals surface area contributed by atoms with Crippen LogP contribution in [0.3, 0.4) is 0 Å². The molecule has 0 aliphatic carbocycles. The first-order valence-corrected chi connectivity index (χ1v) is 6.60. The second kappa shape index (κ2) is 5.47. The van der Waals surface area contributed by atoms with Crippen molar-refractivity contribution in [2.75, 3.05) is 7.11 Å². The minimum atomic E-state index is 0.283. The molecule has 0 aromatic heterocycles. The van der Waals surface area contributed by atoms with Crippen LogP contribution < -0.4 is 4.74 Å². The molecule has 0 radical (unpaired) electrons. The maximum atomic E-state index is 9.20. The van der Waals surface area contributed by atoms with E-state index in [0.29, 0.717) is 0 Å². The average molecular weight is 311 g/mol. The van der Waals surface area contributed by atoms with Crippen molar-refractivity contribution < 1.29 is 9.84 Å². The lowest BCUT2D eigenvalue weighted by molar-refractivity contribution is 0.412. The fourth-order valence-electron chi connectivity index (χ4n) is 1.36. The van der Waals surface area contributed by atoms with Gasteiger partial charge in [0.2, 0.25) is 0 Å². The molecule has 2 aromatic carbocycles. The monoisotopic (exact) mass is 310 g/mol. The highest BCUT2D eigenvalue weighted by Crippen LogP contribution is 2.34. The molecule has 4 heteroatoms. The zero-order valence-electron chi connectivity index (χ0n) is 9.18. The number of rotatable bonds is 3. The topological polar surface area (TPSA) is 29.5 Å². The van der Waals surface area contributed by atoms with Crippen LogP contribution in [0.15, 0.2) is 56.7 Å². The van der Waals surface area contributed by atoms with Crippen molar-refractivity contribution >= 4 is 27.7 Å². The van der Waals surface area contributed by atoms with Crippen molar-refractivity contribution in [2.45, 2.75) is 9.79 Å². The summed E-state index contributed by atoms with van der Waals surface area (Å²) in [5.74, 6) is 1.10. The van der Waals surface area contributed by atoms with Gasteiger partial charge in [0, 0.05) is 9.79 Å². The molecule has 0 atom stereocenters. The second-order valence-electron chi connectivity index (χ2n) is 3.39. The van der Waals surface area contributed by atoms with Gasteiger partial charge in [0.25, 0.3) is 0 Å². The molecule has 0 saturated heterocycles. The van der Waals surface area contributed by atoms with Crippen LogP contribution in [0.5, 0.6) is 11.5 Å². The fraction of sp³-hybridized carbons (Fsp3) is 0.0769. The molecule has 0 saturated carbocycles. The molecule has 0 spiro atoms. The van der Waals surface area contributed by atoms with Crippen LogP contribution in [-0.2, 0) is 0 Å². The van der Waals surface area contributed by atoms with Gasteiger partial charge in [-0.15, -0.1) is 0 Å². The lowest BCUT2D eigenvalue weighted by atomic mass is 10.3. The lowest BCUT2D eigenvalue weighted by Gasteiger charge is -2.06. The first-order valence-electron chi connectivity index (χ1n) is 4.99. The minimum Gasteiger partial charge on any atom is -0.508 e. The Labute approximate surface area is 113 Å². The number of aromatic hydroxyl groups is 1. The maximum absolute atomic E-state index is 9.20. The molecule has 0 amide bonds. The Morgan fingerprint density at radius 3 is 2.29 bits per heavy atom. The van der Waals surface area contributed by atoms with Crippen molar-refractivity contribution in [3.8, 4) is 11.5 Å². The largest absolute Gasteiger partial charge is 0.508 e. The van der Waals surface area contributed by atoms with E-state index in [9.17, 15) is 5.11 Å². The van der Waals surface area contributed by atoms with E-state index >= 15 is 0 Å². The number of phenolic OH excluding ortho intramolecular Hbond substituents is 1. The van der Waals surface area contributed by atoms with Crippen LogP contribution in [0.4, 0.5) is 0 Å². The molecule has 88 valence electrons. The lowest BCUT2D eigenvalue weighted by Crippen LogP contribution is -1.84. The molecule has 0 unspecified atom stereocenters. The van der Waals surface area contributed by atoms with Crippen molar-refractivity contribution in [2.24, 2.45) is 0 Å². The van der Waals surface area contributed by atoms with Crippen LogP contribution in [0.1, 0.15) is 0 Å². The van der Waals surface area contributed by atoms with E-state index in [1.54, 1.807) is 31.0 Å². The summed E-state index contributed by atoms with van der Waals surface area (Å²) in [6.45, 7) is 0. The quantitative estimate of drug-likeness (QED) is 0.915. The number of phenols is 1. The SMILES string of the molecule is COc1ccc(Sc2ccc(O)cc2)cc1Br. The van der Waals surface area contributed by atoms with E-state index in [1.807, 2.05) is 30.3 Å². The Kier molecular flexibility index (Phi) is 3.97. The zero-order valence-corrected chi connectivity index (χ0v) is 11.6. The highest BCUT2D eigenvalue weighted by Gasteiger charge is 2.03. The van der Waals surface area contributed by atoms with Crippen LogP contribution in [0, 0.1) is 0 Å². The van der Waals surface area contributed by atoms with Crippen molar-refractivity contribution in [1.29, 1.82) is 0 Å². The van der Waals surface area contributed by atoms with Gasteiger partial charge in [-0.05, 0) is 58.4 Å². The molecular weight excluding hydrogens is 300 g/mol. The third-order valence-corrected chi connectivity index (χ3v) is 3.81. The third kappa shape index (κ3) is 3.17. The number of halogens is 1. The Morgan fingerprint density at radius 2 is 1.71 bits per heavy atom. The van der Waals surface area contributed by atoms with Crippen LogP contribution in [0.25, 0.3) is 0 Å².